The number of phosphoric ester groups is 2. The third-order valence-electron chi connectivity index (χ3n) is 17.9. The fourth-order valence-corrected chi connectivity index (χ4v) is 13.1. The molecule has 0 fully saturated rings. The van der Waals surface area contributed by atoms with E-state index in [1.54, 1.807) is 0 Å². The van der Waals surface area contributed by atoms with Crippen molar-refractivity contribution in [2.75, 3.05) is 39.6 Å². The van der Waals surface area contributed by atoms with Gasteiger partial charge in [-0.05, 0) is 116 Å². The van der Waals surface area contributed by atoms with E-state index in [2.05, 4.69) is 154 Å². The minimum atomic E-state index is -4.93. The molecule has 0 aliphatic heterocycles. The second-order valence-electron chi connectivity index (χ2n) is 28.2. The Morgan fingerprint density at radius 2 is 0.495 bits per heavy atom. The van der Waals surface area contributed by atoms with Gasteiger partial charge in [0.2, 0.25) is 0 Å². The monoisotopic (exact) mass is 1540 g/mol. The lowest BCUT2D eigenvalue weighted by Crippen LogP contribution is -2.30. The third kappa shape index (κ3) is 82.5. The van der Waals surface area contributed by atoms with Gasteiger partial charge in [0.25, 0.3) is 0 Å². The molecule has 5 unspecified atom stereocenters. The first-order valence-electron chi connectivity index (χ1n) is 42.5. The number of carbonyl (C=O) groups is 3. The number of hydrogen-bond acceptors (Lipinski definition) is 14. The van der Waals surface area contributed by atoms with Crippen LogP contribution in [0, 0.1) is 0 Å². The van der Waals surface area contributed by atoms with Gasteiger partial charge in [0.15, 0.2) is 6.10 Å². The van der Waals surface area contributed by atoms with Crippen molar-refractivity contribution in [3.8, 4) is 0 Å². The summed E-state index contributed by atoms with van der Waals surface area (Å²) in [5, 5.41) is 20.7. The van der Waals surface area contributed by atoms with Gasteiger partial charge in [-0.2, -0.15) is 0 Å². The second kappa shape index (κ2) is 81.2. The number of allylic oxidation sites excluding steroid dienone is 22. The molecule has 0 aliphatic carbocycles. The van der Waals surface area contributed by atoms with Gasteiger partial charge in [0.1, 0.15) is 25.4 Å². The Hall–Kier alpha value is -4.31. The highest BCUT2D eigenvalue weighted by atomic mass is 31.2. The molecule has 16 nitrogen and oxygen atoms in total. The predicted molar refractivity (Wildman–Crippen MR) is 445 cm³/mol. The highest BCUT2D eigenvalue weighted by Gasteiger charge is 2.29. The SMILES string of the molecule is CC/C=C\C/C=C\C/C=C\C/C=C\C/C=C\C/C=C\CCCCCCCCCCCCC(=O)OCC(O)COP(=O)(O)OCC(O)COP(=O)(O)OCC(COC(=O)CCCCCCCCCCCCC/C=C\C/C=C\C/C=C\C/C=C\C/C=C\CC)OC(=O)CCCCCCCCCCCCCCCCC. The molecule has 0 spiro atoms. The summed E-state index contributed by atoms with van der Waals surface area (Å²) in [6.07, 6.45) is 99.2. The number of aliphatic hydroxyl groups excluding tert-OH is 2. The van der Waals surface area contributed by atoms with E-state index >= 15 is 0 Å². The van der Waals surface area contributed by atoms with Crippen molar-refractivity contribution in [1.82, 2.24) is 0 Å². The molecule has 0 heterocycles. The molecule has 0 radical (unpaired) electrons. The van der Waals surface area contributed by atoms with E-state index < -0.39 is 91.5 Å². The second-order valence-corrected chi connectivity index (χ2v) is 31.1. The molecule has 0 rings (SSSR count). The average molecular weight is 1540 g/mol. The molecule has 18 heteroatoms. The van der Waals surface area contributed by atoms with Crippen molar-refractivity contribution >= 4 is 33.6 Å². The van der Waals surface area contributed by atoms with Crippen LogP contribution in [0.4, 0.5) is 0 Å². The van der Waals surface area contributed by atoms with E-state index in [9.17, 15) is 43.5 Å². The van der Waals surface area contributed by atoms with Crippen LogP contribution in [0.1, 0.15) is 355 Å². The first kappa shape index (κ1) is 103. The molecular formula is C89H154O16P2. The zero-order valence-electron chi connectivity index (χ0n) is 67.5. The fourth-order valence-electron chi connectivity index (χ4n) is 11.5. The molecule has 107 heavy (non-hydrogen) atoms. The molecule has 4 N–H and O–H groups in total. The van der Waals surface area contributed by atoms with Crippen molar-refractivity contribution in [2.24, 2.45) is 0 Å². The maximum Gasteiger partial charge on any atom is 0.472 e. The smallest absolute Gasteiger partial charge is 0.463 e. The number of aliphatic hydroxyl groups is 2. The van der Waals surface area contributed by atoms with Gasteiger partial charge in [-0.25, -0.2) is 9.13 Å². The number of ether oxygens (including phenoxy) is 3. The average Bonchev–Trinajstić information content (AvgIpc) is 0.914. The minimum Gasteiger partial charge on any atom is -0.463 e. The highest BCUT2D eigenvalue weighted by molar-refractivity contribution is 7.47. The first-order valence-corrected chi connectivity index (χ1v) is 45.5. The standard InChI is InChI=1S/C89H154O16P2/c1-4-7-10-13-16-19-22-25-28-30-32-34-36-38-40-41-43-45-46-48-50-52-55-57-60-63-66-69-72-75-87(92)99-78-84(90)79-101-106(95,96)102-80-85(91)81-103-107(97,98)104-83-86(105-89(94)77-74-71-68-65-62-59-54-27-24-21-18-15-12-9-6-3)82-100-88(93)76-73-70-67-64-61-58-56-53-51-49-47-44-42-39-37-35-33-31-29-26-23-20-17-14-11-8-5-2/h7-8,10-11,16-17,19-20,25-26,28-29,32-35,38-40,42-43,45,84-86,90-91H,4-6,9,12-15,18,21-24,27,30-31,36-37,41,44,46-83H2,1-3H3,(H,95,96)(H,97,98)/b10-7-,11-8-,19-16-,20-17-,28-25-,29-26-,34-32-,35-33-,40-38-,42-39-,45-43-. The largest absolute Gasteiger partial charge is 0.472 e. The van der Waals surface area contributed by atoms with Crippen LogP contribution in [0.2, 0.25) is 0 Å². The van der Waals surface area contributed by atoms with Gasteiger partial charge < -0.3 is 34.2 Å². The van der Waals surface area contributed by atoms with Gasteiger partial charge in [0.05, 0.1) is 26.4 Å². The van der Waals surface area contributed by atoms with Gasteiger partial charge in [0, 0.05) is 19.3 Å². The van der Waals surface area contributed by atoms with E-state index in [0.29, 0.717) is 19.3 Å². The Balaban J connectivity index is 4.53. The molecule has 0 bridgehead atoms. The minimum absolute atomic E-state index is 0.106. The van der Waals surface area contributed by atoms with Gasteiger partial charge >= 0.3 is 33.6 Å². The number of rotatable bonds is 80. The Bertz CT molecular complexity index is 2480. The number of phosphoric acid groups is 2. The van der Waals surface area contributed by atoms with Gasteiger partial charge in [-0.3, -0.25) is 32.5 Å². The molecule has 0 aromatic heterocycles. The molecule has 0 amide bonds. The van der Waals surface area contributed by atoms with Crippen molar-refractivity contribution in [3.05, 3.63) is 134 Å². The van der Waals surface area contributed by atoms with Crippen LogP contribution in [0.25, 0.3) is 0 Å². The summed E-state index contributed by atoms with van der Waals surface area (Å²) in [5.74, 6) is -1.57. The predicted octanol–water partition coefficient (Wildman–Crippen LogP) is 25.4. The maximum atomic E-state index is 13.0. The Morgan fingerprint density at radius 1 is 0.271 bits per heavy atom. The molecule has 0 aromatic rings. The van der Waals surface area contributed by atoms with Crippen LogP contribution in [-0.4, -0.2) is 95.9 Å². The quantitative estimate of drug-likeness (QED) is 0.0146. The molecule has 616 valence electrons. The van der Waals surface area contributed by atoms with Crippen LogP contribution in [0.3, 0.4) is 0 Å². The summed E-state index contributed by atoms with van der Waals surface area (Å²) in [5.41, 5.74) is 0. The zero-order valence-corrected chi connectivity index (χ0v) is 69.3. The van der Waals surface area contributed by atoms with Crippen LogP contribution in [-0.2, 0) is 55.8 Å². The topological polar surface area (TPSA) is 231 Å². The van der Waals surface area contributed by atoms with Gasteiger partial charge in [-0.1, -0.05) is 353 Å². The number of unbranched alkanes of at least 4 members (excludes halogenated alkanes) is 35. The number of hydrogen-bond donors (Lipinski definition) is 4. The summed E-state index contributed by atoms with van der Waals surface area (Å²) in [6, 6.07) is 0. The number of esters is 3. The Labute approximate surface area is 652 Å². The lowest BCUT2D eigenvalue weighted by atomic mass is 10.0. The van der Waals surface area contributed by atoms with Crippen LogP contribution in [0.15, 0.2) is 134 Å². The van der Waals surface area contributed by atoms with E-state index in [4.69, 9.17) is 32.3 Å². The summed E-state index contributed by atoms with van der Waals surface area (Å²) >= 11 is 0. The summed E-state index contributed by atoms with van der Waals surface area (Å²) in [6.45, 7) is 2.49. The van der Waals surface area contributed by atoms with Crippen LogP contribution < -0.4 is 0 Å². The highest BCUT2D eigenvalue weighted by Crippen LogP contribution is 2.45. The van der Waals surface area contributed by atoms with E-state index in [1.165, 1.54) is 135 Å². The lowest BCUT2D eigenvalue weighted by molar-refractivity contribution is -0.161. The molecule has 0 saturated heterocycles. The van der Waals surface area contributed by atoms with Crippen molar-refractivity contribution < 1.29 is 75.8 Å². The summed E-state index contributed by atoms with van der Waals surface area (Å²) in [4.78, 5) is 58.8. The van der Waals surface area contributed by atoms with Crippen LogP contribution in [0.5, 0.6) is 0 Å². The van der Waals surface area contributed by atoms with E-state index in [1.807, 2.05) is 0 Å². The van der Waals surface area contributed by atoms with Crippen molar-refractivity contribution in [2.45, 2.75) is 373 Å². The third-order valence-corrected chi connectivity index (χ3v) is 19.8. The summed E-state index contributed by atoms with van der Waals surface area (Å²) in [7, 11) is -9.79. The normalized spacial score (nSPS) is 14.6. The molecule has 0 saturated carbocycles. The maximum absolute atomic E-state index is 13.0. The van der Waals surface area contributed by atoms with E-state index in [0.717, 1.165) is 161 Å². The molecule has 0 aliphatic rings. The van der Waals surface area contributed by atoms with Crippen molar-refractivity contribution in [1.29, 1.82) is 0 Å². The first-order chi connectivity index (χ1) is 52.2. The zero-order chi connectivity index (χ0) is 78.0. The fraction of sp³-hybridized carbons (Fsp3) is 0.719. The molecule has 5 atom stereocenters. The van der Waals surface area contributed by atoms with Crippen molar-refractivity contribution in [3.63, 3.8) is 0 Å². The number of carbonyl (C=O) groups excluding carboxylic acids is 3. The molecule has 0 aromatic carbocycles. The Kier molecular flexibility index (Phi) is 77.9. The van der Waals surface area contributed by atoms with Crippen LogP contribution >= 0.6 is 15.6 Å². The summed E-state index contributed by atoms with van der Waals surface area (Å²) < 4.78 is 61.3. The van der Waals surface area contributed by atoms with Gasteiger partial charge in [-0.15, -0.1) is 0 Å². The lowest BCUT2D eigenvalue weighted by Gasteiger charge is -2.21. The van der Waals surface area contributed by atoms with E-state index in [-0.39, 0.29) is 19.3 Å². The Morgan fingerprint density at radius 3 is 0.785 bits per heavy atom. The molecular weight excluding hydrogens is 1390 g/mol.